The van der Waals surface area contributed by atoms with Crippen LogP contribution >= 0.6 is 23.2 Å². The fraction of sp³-hybridized carbons (Fsp3) is 0.143. The van der Waals surface area contributed by atoms with E-state index >= 15 is 0 Å². The highest BCUT2D eigenvalue weighted by Gasteiger charge is 2.47. The number of ether oxygens (including phenoxy) is 2. The largest absolute Gasteiger partial charge is 0.411 e. The SMILES string of the molecule is O=C1OC2(C=C1Cc1ccc(Cl)cc1)C=C(Cc1ccc(Cl)cc1)C(=O)O2. The topological polar surface area (TPSA) is 52.6 Å². The molecule has 2 aliphatic rings. The van der Waals surface area contributed by atoms with Gasteiger partial charge < -0.3 is 9.47 Å². The summed E-state index contributed by atoms with van der Waals surface area (Å²) in [6.07, 6.45) is 3.87. The smallest absolute Gasteiger partial charge is 0.338 e. The van der Waals surface area contributed by atoms with Crippen molar-refractivity contribution >= 4 is 35.1 Å². The van der Waals surface area contributed by atoms with Crippen LogP contribution in [0.25, 0.3) is 0 Å². The zero-order valence-electron chi connectivity index (χ0n) is 14.1. The Bertz CT molecular complexity index is 891. The first-order chi connectivity index (χ1) is 12.9. The molecule has 0 aromatic heterocycles. The number of hydrogen-bond donors (Lipinski definition) is 0. The van der Waals surface area contributed by atoms with Crippen molar-refractivity contribution in [3.05, 3.63) is 93.0 Å². The second kappa shape index (κ2) is 6.87. The van der Waals surface area contributed by atoms with Gasteiger partial charge in [0, 0.05) is 46.2 Å². The van der Waals surface area contributed by atoms with Gasteiger partial charge in [0.15, 0.2) is 0 Å². The van der Waals surface area contributed by atoms with Gasteiger partial charge in [-0.05, 0) is 35.4 Å². The molecule has 0 fully saturated rings. The van der Waals surface area contributed by atoms with Crippen molar-refractivity contribution in [2.75, 3.05) is 0 Å². The van der Waals surface area contributed by atoms with Crippen molar-refractivity contribution in [3.63, 3.8) is 0 Å². The maximum absolute atomic E-state index is 12.3. The van der Waals surface area contributed by atoms with Crippen molar-refractivity contribution in [1.82, 2.24) is 0 Å². The number of halogens is 2. The van der Waals surface area contributed by atoms with Gasteiger partial charge in [0.05, 0.1) is 0 Å². The van der Waals surface area contributed by atoms with Gasteiger partial charge >= 0.3 is 11.9 Å². The lowest BCUT2D eigenvalue weighted by Gasteiger charge is -2.16. The third-order valence-corrected chi connectivity index (χ3v) is 4.90. The Morgan fingerprint density at radius 3 is 1.41 bits per heavy atom. The third-order valence-electron chi connectivity index (χ3n) is 4.40. The molecule has 27 heavy (non-hydrogen) atoms. The standard InChI is InChI=1S/C21H14Cl2O4/c22-17-5-1-13(2-6-17)9-15-11-21(26-19(15)24)12-16(20(25)27-21)10-14-3-7-18(23)8-4-14/h1-8,11-12H,9-10H2. The molecule has 1 spiro atoms. The van der Waals surface area contributed by atoms with Crippen molar-refractivity contribution in [2.24, 2.45) is 0 Å². The van der Waals surface area contributed by atoms with E-state index in [0.717, 1.165) is 11.1 Å². The van der Waals surface area contributed by atoms with Gasteiger partial charge in [-0.25, -0.2) is 9.59 Å². The maximum Gasteiger partial charge on any atom is 0.338 e. The quantitative estimate of drug-likeness (QED) is 0.711. The van der Waals surface area contributed by atoms with Crippen LogP contribution in [-0.4, -0.2) is 17.7 Å². The van der Waals surface area contributed by atoms with Gasteiger partial charge in [-0.3, -0.25) is 0 Å². The zero-order chi connectivity index (χ0) is 19.0. The predicted octanol–water partition coefficient (Wildman–Crippen LogP) is 4.44. The van der Waals surface area contributed by atoms with Gasteiger partial charge in [0.1, 0.15) is 0 Å². The van der Waals surface area contributed by atoms with E-state index in [4.69, 9.17) is 32.7 Å². The summed E-state index contributed by atoms with van der Waals surface area (Å²) in [6, 6.07) is 14.4. The summed E-state index contributed by atoms with van der Waals surface area (Å²) in [5, 5.41) is 1.25. The molecule has 2 aromatic carbocycles. The van der Waals surface area contributed by atoms with Crippen molar-refractivity contribution in [3.8, 4) is 0 Å². The number of carbonyl (C=O) groups excluding carboxylic acids is 2. The van der Waals surface area contributed by atoms with Crippen molar-refractivity contribution in [1.29, 1.82) is 0 Å². The van der Waals surface area contributed by atoms with Crippen molar-refractivity contribution < 1.29 is 19.1 Å². The Balaban J connectivity index is 1.55. The molecule has 0 N–H and O–H groups in total. The van der Waals surface area contributed by atoms with Gasteiger partial charge in [-0.2, -0.15) is 0 Å². The molecule has 0 saturated heterocycles. The molecular formula is C21H14Cl2O4. The Morgan fingerprint density at radius 2 is 1.04 bits per heavy atom. The first-order valence-electron chi connectivity index (χ1n) is 8.31. The van der Waals surface area contributed by atoms with E-state index < -0.39 is 17.7 Å². The molecule has 4 rings (SSSR count). The molecule has 0 saturated carbocycles. The monoisotopic (exact) mass is 400 g/mol. The fourth-order valence-corrected chi connectivity index (χ4v) is 3.35. The van der Waals surface area contributed by atoms with Gasteiger partial charge in [-0.15, -0.1) is 0 Å². The number of carbonyl (C=O) groups is 2. The Hall–Kier alpha value is -2.56. The van der Waals surface area contributed by atoms with Crippen LogP contribution in [-0.2, 0) is 31.9 Å². The van der Waals surface area contributed by atoms with Crippen LogP contribution in [0, 0.1) is 0 Å². The van der Waals surface area contributed by atoms with Crippen LogP contribution < -0.4 is 0 Å². The minimum absolute atomic E-state index is 0.371. The van der Waals surface area contributed by atoms with Crippen LogP contribution in [0.2, 0.25) is 10.0 Å². The van der Waals surface area contributed by atoms with E-state index in [1.165, 1.54) is 0 Å². The summed E-state index contributed by atoms with van der Waals surface area (Å²) in [4.78, 5) is 24.5. The van der Waals surface area contributed by atoms with Crippen LogP contribution in [0.5, 0.6) is 0 Å². The second-order valence-electron chi connectivity index (χ2n) is 6.45. The van der Waals surface area contributed by atoms with Crippen LogP contribution in [0.1, 0.15) is 11.1 Å². The molecule has 136 valence electrons. The maximum atomic E-state index is 12.3. The lowest BCUT2D eigenvalue weighted by molar-refractivity contribution is -0.182. The normalized spacial score (nSPS) is 17.6. The minimum atomic E-state index is -1.45. The highest BCUT2D eigenvalue weighted by molar-refractivity contribution is 6.30. The molecule has 0 unspecified atom stereocenters. The zero-order valence-corrected chi connectivity index (χ0v) is 15.6. The highest BCUT2D eigenvalue weighted by Crippen LogP contribution is 2.36. The first kappa shape index (κ1) is 17.8. The number of benzene rings is 2. The summed E-state index contributed by atoms with van der Waals surface area (Å²) >= 11 is 11.8. The molecule has 2 aromatic rings. The fourth-order valence-electron chi connectivity index (χ4n) is 3.10. The van der Waals surface area contributed by atoms with Gasteiger partial charge in [0.2, 0.25) is 0 Å². The van der Waals surface area contributed by atoms with E-state index in [2.05, 4.69) is 0 Å². The molecule has 0 radical (unpaired) electrons. The molecule has 2 heterocycles. The van der Waals surface area contributed by atoms with Gasteiger partial charge in [-0.1, -0.05) is 47.5 Å². The molecule has 0 aliphatic carbocycles. The van der Waals surface area contributed by atoms with Crippen LogP contribution in [0.15, 0.2) is 71.8 Å². The van der Waals surface area contributed by atoms with Crippen molar-refractivity contribution in [2.45, 2.75) is 18.6 Å². The summed E-state index contributed by atoms with van der Waals surface area (Å²) in [7, 11) is 0. The second-order valence-corrected chi connectivity index (χ2v) is 7.32. The molecule has 2 aliphatic heterocycles. The summed E-state index contributed by atoms with van der Waals surface area (Å²) in [5.41, 5.74) is 2.70. The number of hydrogen-bond acceptors (Lipinski definition) is 4. The third kappa shape index (κ3) is 3.77. The van der Waals surface area contributed by atoms with Crippen LogP contribution in [0.4, 0.5) is 0 Å². The molecule has 0 amide bonds. The molecule has 0 atom stereocenters. The van der Waals surface area contributed by atoms with Gasteiger partial charge in [0.25, 0.3) is 5.79 Å². The average molecular weight is 401 g/mol. The lowest BCUT2D eigenvalue weighted by atomic mass is 10.0. The van der Waals surface area contributed by atoms with E-state index in [9.17, 15) is 9.59 Å². The number of esters is 2. The minimum Gasteiger partial charge on any atom is -0.411 e. The highest BCUT2D eigenvalue weighted by atomic mass is 35.5. The van der Waals surface area contributed by atoms with E-state index in [1.807, 2.05) is 24.3 Å². The molecule has 4 nitrogen and oxygen atoms in total. The summed E-state index contributed by atoms with van der Waals surface area (Å²) in [6.45, 7) is 0. The van der Waals surface area contributed by atoms with E-state index in [1.54, 1.807) is 36.4 Å². The Morgan fingerprint density at radius 1 is 0.667 bits per heavy atom. The van der Waals surface area contributed by atoms with E-state index in [0.29, 0.717) is 34.0 Å². The molecule has 6 heteroatoms. The summed E-state index contributed by atoms with van der Waals surface area (Å²) < 4.78 is 10.8. The Labute approximate surface area is 166 Å². The Kier molecular flexibility index (Phi) is 4.54. The van der Waals surface area contributed by atoms with Crippen LogP contribution in [0.3, 0.4) is 0 Å². The predicted molar refractivity (Wildman–Crippen MR) is 101 cm³/mol. The molecular weight excluding hydrogens is 387 g/mol. The lowest BCUT2D eigenvalue weighted by Crippen LogP contribution is -2.27. The molecule has 0 bridgehead atoms. The van der Waals surface area contributed by atoms with E-state index in [-0.39, 0.29) is 0 Å². The summed E-state index contributed by atoms with van der Waals surface area (Å²) in [5.74, 6) is -2.44. The number of rotatable bonds is 4. The first-order valence-corrected chi connectivity index (χ1v) is 9.07. The average Bonchev–Trinajstić information content (AvgIpc) is 3.09.